The average molecular weight is 191 g/mol. The van der Waals surface area contributed by atoms with Crippen molar-refractivity contribution in [3.63, 3.8) is 0 Å². The fraction of sp³-hybridized carbons (Fsp3) is 0.333. The quantitative estimate of drug-likeness (QED) is 0.733. The number of rotatable bonds is 2. The minimum Gasteiger partial charge on any atom is -0.368 e. The van der Waals surface area contributed by atoms with E-state index in [1.54, 1.807) is 0 Å². The molecule has 0 bridgehead atoms. The van der Waals surface area contributed by atoms with Gasteiger partial charge < -0.3 is 10.6 Å². The normalized spacial score (nSPS) is 15.3. The Morgan fingerprint density at radius 2 is 2.29 bits per heavy atom. The standard InChI is InChI=1S/C9H13N5/c1-6-4-3-5-7(6)14(2)9-11-8(10)12-13-9/h4-5H,3H2,1-2H3,(H3,10,11,12,13). The van der Waals surface area contributed by atoms with Gasteiger partial charge in [0.05, 0.1) is 0 Å². The number of nitrogens with zero attached hydrogens (tertiary/aromatic N) is 3. The van der Waals surface area contributed by atoms with Crippen LogP contribution >= 0.6 is 0 Å². The van der Waals surface area contributed by atoms with E-state index in [1.165, 1.54) is 5.57 Å². The number of aromatic amines is 1. The van der Waals surface area contributed by atoms with Gasteiger partial charge in [-0.3, -0.25) is 0 Å². The van der Waals surface area contributed by atoms with Gasteiger partial charge in [-0.15, -0.1) is 5.10 Å². The number of allylic oxidation sites excluding steroid dienone is 3. The first kappa shape index (κ1) is 8.80. The molecule has 1 aliphatic rings. The molecule has 5 nitrogen and oxygen atoms in total. The Bertz CT molecular complexity index is 401. The van der Waals surface area contributed by atoms with Crippen LogP contribution in [-0.4, -0.2) is 22.2 Å². The Hall–Kier alpha value is -1.78. The molecule has 14 heavy (non-hydrogen) atoms. The first-order valence-electron chi connectivity index (χ1n) is 4.47. The van der Waals surface area contributed by atoms with E-state index >= 15 is 0 Å². The molecule has 0 saturated heterocycles. The first-order chi connectivity index (χ1) is 6.68. The number of nitrogen functional groups attached to an aromatic ring is 1. The van der Waals surface area contributed by atoms with Crippen LogP contribution in [0.1, 0.15) is 13.3 Å². The summed E-state index contributed by atoms with van der Waals surface area (Å²) in [5.74, 6) is 0.940. The van der Waals surface area contributed by atoms with Gasteiger partial charge in [-0.05, 0) is 18.9 Å². The van der Waals surface area contributed by atoms with Crippen molar-refractivity contribution in [2.75, 3.05) is 17.7 Å². The second-order valence-corrected chi connectivity index (χ2v) is 3.29. The molecule has 0 fully saturated rings. The van der Waals surface area contributed by atoms with Gasteiger partial charge >= 0.3 is 0 Å². The molecule has 1 heterocycles. The van der Waals surface area contributed by atoms with Crippen molar-refractivity contribution in [2.45, 2.75) is 13.3 Å². The third-order valence-corrected chi connectivity index (χ3v) is 2.29. The summed E-state index contributed by atoms with van der Waals surface area (Å²) in [6.45, 7) is 2.07. The summed E-state index contributed by atoms with van der Waals surface area (Å²) in [6.07, 6.45) is 5.29. The molecule has 0 amide bonds. The van der Waals surface area contributed by atoms with Crippen LogP contribution in [0.15, 0.2) is 23.4 Å². The highest BCUT2D eigenvalue weighted by Gasteiger charge is 2.15. The largest absolute Gasteiger partial charge is 0.368 e. The highest BCUT2D eigenvalue weighted by molar-refractivity contribution is 5.51. The zero-order chi connectivity index (χ0) is 10.1. The summed E-state index contributed by atoms with van der Waals surface area (Å²) >= 11 is 0. The maximum absolute atomic E-state index is 5.46. The lowest BCUT2D eigenvalue weighted by molar-refractivity contribution is 0.994. The highest BCUT2D eigenvalue weighted by atomic mass is 15.4. The molecule has 5 heteroatoms. The molecular weight excluding hydrogens is 178 g/mol. The molecule has 0 radical (unpaired) electrons. The number of likely N-dealkylation sites (N-methyl/N-ethyl adjacent to an activating group) is 1. The molecule has 1 aromatic heterocycles. The molecule has 0 aromatic carbocycles. The van der Waals surface area contributed by atoms with Crippen LogP contribution in [0.4, 0.5) is 11.9 Å². The molecule has 0 saturated carbocycles. The van der Waals surface area contributed by atoms with Crippen LogP contribution < -0.4 is 10.6 Å². The van der Waals surface area contributed by atoms with Crippen LogP contribution in [0.2, 0.25) is 0 Å². The number of hydrogen-bond acceptors (Lipinski definition) is 4. The maximum atomic E-state index is 5.46. The van der Waals surface area contributed by atoms with Crippen molar-refractivity contribution in [2.24, 2.45) is 0 Å². The van der Waals surface area contributed by atoms with Crippen LogP contribution in [0, 0.1) is 0 Å². The predicted octanol–water partition coefficient (Wildman–Crippen LogP) is 1.06. The van der Waals surface area contributed by atoms with Crippen molar-refractivity contribution in [1.29, 1.82) is 0 Å². The van der Waals surface area contributed by atoms with Gasteiger partial charge in [-0.1, -0.05) is 12.2 Å². The molecule has 74 valence electrons. The number of nitrogens with one attached hydrogen (secondary N) is 1. The molecule has 0 unspecified atom stereocenters. The molecule has 1 aliphatic carbocycles. The lowest BCUT2D eigenvalue weighted by Crippen LogP contribution is -2.17. The van der Waals surface area contributed by atoms with E-state index in [9.17, 15) is 0 Å². The Kier molecular flexibility index (Phi) is 1.99. The summed E-state index contributed by atoms with van der Waals surface area (Å²) < 4.78 is 0. The van der Waals surface area contributed by atoms with E-state index in [1.807, 2.05) is 11.9 Å². The van der Waals surface area contributed by atoms with Crippen molar-refractivity contribution in [3.8, 4) is 0 Å². The van der Waals surface area contributed by atoms with Crippen molar-refractivity contribution in [1.82, 2.24) is 15.2 Å². The second kappa shape index (κ2) is 3.17. The zero-order valence-corrected chi connectivity index (χ0v) is 8.28. The SMILES string of the molecule is CC1=CCC=C1N(C)c1n[nH]c(N)n1. The summed E-state index contributed by atoms with van der Waals surface area (Å²) in [4.78, 5) is 5.98. The van der Waals surface area contributed by atoms with E-state index in [0.29, 0.717) is 11.9 Å². The summed E-state index contributed by atoms with van der Waals surface area (Å²) in [5.41, 5.74) is 7.85. The van der Waals surface area contributed by atoms with Gasteiger partial charge in [0.15, 0.2) is 0 Å². The summed E-state index contributed by atoms with van der Waals surface area (Å²) in [7, 11) is 1.93. The van der Waals surface area contributed by atoms with E-state index in [0.717, 1.165) is 12.1 Å². The molecule has 2 rings (SSSR count). The van der Waals surface area contributed by atoms with Gasteiger partial charge in [0.1, 0.15) is 0 Å². The molecular formula is C9H13N5. The van der Waals surface area contributed by atoms with Gasteiger partial charge in [0.25, 0.3) is 5.95 Å². The van der Waals surface area contributed by atoms with E-state index in [4.69, 9.17) is 5.73 Å². The number of hydrogen-bond donors (Lipinski definition) is 2. The fourth-order valence-electron chi connectivity index (χ4n) is 1.54. The van der Waals surface area contributed by atoms with Crippen LogP contribution in [0.5, 0.6) is 0 Å². The van der Waals surface area contributed by atoms with Gasteiger partial charge in [-0.2, -0.15) is 4.98 Å². The Balaban J connectivity index is 2.24. The maximum Gasteiger partial charge on any atom is 0.250 e. The summed E-state index contributed by atoms with van der Waals surface area (Å²) in [5, 5.41) is 6.61. The fourth-order valence-corrected chi connectivity index (χ4v) is 1.54. The van der Waals surface area contributed by atoms with Crippen LogP contribution in [0.3, 0.4) is 0 Å². The zero-order valence-electron chi connectivity index (χ0n) is 8.28. The topological polar surface area (TPSA) is 70.8 Å². The van der Waals surface area contributed by atoms with Gasteiger partial charge in [0, 0.05) is 12.7 Å². The number of nitrogens with two attached hydrogens (primary N) is 1. The Morgan fingerprint density at radius 3 is 2.79 bits per heavy atom. The monoisotopic (exact) mass is 191 g/mol. The second-order valence-electron chi connectivity index (χ2n) is 3.29. The smallest absolute Gasteiger partial charge is 0.250 e. The number of anilines is 2. The number of H-pyrrole nitrogens is 1. The van der Waals surface area contributed by atoms with Crippen LogP contribution in [0.25, 0.3) is 0 Å². The molecule has 0 spiro atoms. The third-order valence-electron chi connectivity index (χ3n) is 2.29. The predicted molar refractivity (Wildman–Crippen MR) is 55.7 cm³/mol. The minimum absolute atomic E-state index is 0.340. The van der Waals surface area contributed by atoms with Gasteiger partial charge in [0.2, 0.25) is 5.95 Å². The average Bonchev–Trinajstić information content (AvgIpc) is 2.73. The highest BCUT2D eigenvalue weighted by Crippen LogP contribution is 2.24. The van der Waals surface area contributed by atoms with Crippen molar-refractivity contribution < 1.29 is 0 Å². The molecule has 0 atom stereocenters. The van der Waals surface area contributed by atoms with Crippen molar-refractivity contribution >= 4 is 11.9 Å². The molecule has 0 aliphatic heterocycles. The lowest BCUT2D eigenvalue weighted by atomic mass is 10.2. The first-order valence-corrected chi connectivity index (χ1v) is 4.47. The minimum atomic E-state index is 0.340. The van der Waals surface area contributed by atoms with E-state index in [-0.39, 0.29) is 0 Å². The van der Waals surface area contributed by atoms with Crippen molar-refractivity contribution in [3.05, 3.63) is 23.4 Å². The third kappa shape index (κ3) is 1.37. The van der Waals surface area contributed by atoms with E-state index in [2.05, 4.69) is 34.3 Å². The molecule has 1 aromatic rings. The Morgan fingerprint density at radius 1 is 1.50 bits per heavy atom. The van der Waals surface area contributed by atoms with E-state index < -0.39 is 0 Å². The molecule has 3 N–H and O–H groups in total. The lowest BCUT2D eigenvalue weighted by Gasteiger charge is -2.16. The Labute approximate surface area is 82.3 Å². The number of aromatic nitrogens is 3. The van der Waals surface area contributed by atoms with Gasteiger partial charge in [-0.25, -0.2) is 5.10 Å². The summed E-state index contributed by atoms with van der Waals surface area (Å²) in [6, 6.07) is 0. The van der Waals surface area contributed by atoms with Crippen LogP contribution in [-0.2, 0) is 0 Å².